The Kier molecular flexibility index (Phi) is 5.46. The van der Waals surface area contributed by atoms with E-state index in [1.54, 1.807) is 28.4 Å². The van der Waals surface area contributed by atoms with Crippen molar-refractivity contribution in [2.45, 2.75) is 6.92 Å². The van der Waals surface area contributed by atoms with Gasteiger partial charge in [0.25, 0.3) is 5.91 Å². The highest BCUT2D eigenvalue weighted by Crippen LogP contribution is 2.25. The summed E-state index contributed by atoms with van der Waals surface area (Å²) in [5, 5.41) is 9.51. The van der Waals surface area contributed by atoms with Crippen LogP contribution in [0.2, 0.25) is 5.02 Å². The molecule has 1 N–H and O–H groups in total. The average Bonchev–Trinajstić information content (AvgIpc) is 3.40. The van der Waals surface area contributed by atoms with Gasteiger partial charge in [-0.25, -0.2) is 15.1 Å². The molecule has 0 fully saturated rings. The van der Waals surface area contributed by atoms with Crippen LogP contribution in [-0.2, 0) is 0 Å². The van der Waals surface area contributed by atoms with Crippen molar-refractivity contribution in [3.05, 3.63) is 107 Å². The van der Waals surface area contributed by atoms with Gasteiger partial charge in [0.1, 0.15) is 17.0 Å². The van der Waals surface area contributed by atoms with Crippen molar-refractivity contribution in [1.29, 1.82) is 0 Å². The van der Waals surface area contributed by atoms with Crippen LogP contribution in [0.4, 0.5) is 0 Å². The minimum Gasteiger partial charge on any atom is -0.295 e. The number of fused-ring (bicyclic) bond motifs is 1. The minimum absolute atomic E-state index is 0.349. The number of hydrazone groups is 1. The zero-order chi connectivity index (χ0) is 22.8. The molecule has 33 heavy (non-hydrogen) atoms. The molecule has 7 nitrogen and oxygen atoms in total. The van der Waals surface area contributed by atoms with Gasteiger partial charge in [0.2, 0.25) is 0 Å². The van der Waals surface area contributed by atoms with E-state index in [1.807, 2.05) is 79.0 Å². The van der Waals surface area contributed by atoms with Crippen molar-refractivity contribution < 1.29 is 4.79 Å². The predicted molar refractivity (Wildman–Crippen MR) is 129 cm³/mol. The maximum Gasteiger partial charge on any atom is 0.290 e. The average molecular weight is 455 g/mol. The van der Waals surface area contributed by atoms with Crippen LogP contribution in [0.5, 0.6) is 0 Å². The van der Waals surface area contributed by atoms with Crippen LogP contribution in [0.25, 0.3) is 22.5 Å². The Morgan fingerprint density at radius 3 is 2.58 bits per heavy atom. The Bertz CT molecular complexity index is 1470. The Morgan fingerprint density at radius 2 is 1.79 bits per heavy atom. The molecule has 5 rings (SSSR count). The van der Waals surface area contributed by atoms with E-state index in [4.69, 9.17) is 11.6 Å². The first kappa shape index (κ1) is 20.7. The van der Waals surface area contributed by atoms with E-state index in [-0.39, 0.29) is 5.91 Å². The van der Waals surface area contributed by atoms with Crippen molar-refractivity contribution in [2.75, 3.05) is 0 Å². The van der Waals surface area contributed by atoms with E-state index in [1.165, 1.54) is 0 Å². The Balaban J connectivity index is 1.46. The number of nitrogens with one attached hydrogen (secondary N) is 1. The smallest absolute Gasteiger partial charge is 0.290 e. The molecular weight excluding hydrogens is 436 g/mol. The molecular formula is C25H19ClN6O. The molecule has 0 saturated carbocycles. The van der Waals surface area contributed by atoms with Crippen molar-refractivity contribution in [2.24, 2.45) is 5.10 Å². The fourth-order valence-corrected chi connectivity index (χ4v) is 3.77. The van der Waals surface area contributed by atoms with E-state index in [0.717, 1.165) is 16.8 Å². The SMILES string of the molecule is Cc1nc2ccccn2c1C(=O)N/N=C/c1nn(-c2ccccc2)cc1-c1ccc(Cl)cc1. The molecule has 5 aromatic rings. The number of rotatable bonds is 5. The first-order valence-electron chi connectivity index (χ1n) is 10.3. The van der Waals surface area contributed by atoms with E-state index in [0.29, 0.717) is 27.8 Å². The van der Waals surface area contributed by atoms with Crippen LogP contribution >= 0.6 is 11.6 Å². The first-order chi connectivity index (χ1) is 16.1. The summed E-state index contributed by atoms with van der Waals surface area (Å²) in [6.07, 6.45) is 5.27. The number of nitrogens with zero attached hydrogens (tertiary/aromatic N) is 5. The molecule has 2 aromatic carbocycles. The van der Waals surface area contributed by atoms with Crippen LogP contribution in [0.3, 0.4) is 0 Å². The molecule has 0 aliphatic rings. The predicted octanol–water partition coefficient (Wildman–Crippen LogP) is 4.91. The van der Waals surface area contributed by atoms with Gasteiger partial charge in [-0.3, -0.25) is 9.20 Å². The zero-order valence-corrected chi connectivity index (χ0v) is 18.4. The van der Waals surface area contributed by atoms with E-state index >= 15 is 0 Å². The Hall–Kier alpha value is -4.23. The highest BCUT2D eigenvalue weighted by molar-refractivity contribution is 6.30. The molecule has 0 aliphatic heterocycles. The lowest BCUT2D eigenvalue weighted by atomic mass is 10.1. The standard InChI is InChI=1S/C25H19ClN6O/c1-17-24(31-14-6-5-9-23(31)28-17)25(33)29-27-15-22-21(18-10-12-19(26)13-11-18)16-32(30-22)20-7-3-2-4-8-20/h2-16H,1H3,(H,29,33)/b27-15+. The number of amides is 1. The largest absolute Gasteiger partial charge is 0.295 e. The summed E-state index contributed by atoms with van der Waals surface area (Å²) >= 11 is 6.06. The van der Waals surface area contributed by atoms with Crippen LogP contribution < -0.4 is 5.43 Å². The highest BCUT2D eigenvalue weighted by atomic mass is 35.5. The van der Waals surface area contributed by atoms with Crippen molar-refractivity contribution in [3.63, 3.8) is 0 Å². The number of pyridine rings is 1. The molecule has 162 valence electrons. The Labute approximate surface area is 195 Å². The molecule has 0 bridgehead atoms. The van der Waals surface area contributed by atoms with Crippen LogP contribution in [0.15, 0.2) is 90.3 Å². The highest BCUT2D eigenvalue weighted by Gasteiger charge is 2.16. The molecule has 1 amide bonds. The van der Waals surface area contributed by atoms with E-state index in [2.05, 4.69) is 20.6 Å². The van der Waals surface area contributed by atoms with E-state index in [9.17, 15) is 4.79 Å². The Morgan fingerprint density at radius 1 is 1.03 bits per heavy atom. The monoisotopic (exact) mass is 454 g/mol. The number of hydrogen-bond donors (Lipinski definition) is 1. The molecule has 3 aromatic heterocycles. The molecule has 0 saturated heterocycles. The lowest BCUT2D eigenvalue weighted by Crippen LogP contribution is -2.20. The molecule has 8 heteroatoms. The van der Waals surface area contributed by atoms with Gasteiger partial charge < -0.3 is 0 Å². The quantitative estimate of drug-likeness (QED) is 0.302. The van der Waals surface area contributed by atoms with Gasteiger partial charge in [-0.1, -0.05) is 48.0 Å². The zero-order valence-electron chi connectivity index (χ0n) is 17.7. The number of carbonyl (C=O) groups excluding carboxylic acids is 1. The summed E-state index contributed by atoms with van der Waals surface area (Å²) in [7, 11) is 0. The molecule has 0 unspecified atom stereocenters. The number of aryl methyl sites for hydroxylation is 1. The number of para-hydroxylation sites is 1. The molecule has 0 aliphatic carbocycles. The maximum atomic E-state index is 12.8. The fraction of sp³-hybridized carbons (Fsp3) is 0.0400. The number of hydrogen-bond acceptors (Lipinski definition) is 4. The van der Waals surface area contributed by atoms with Gasteiger partial charge in [-0.05, 0) is 48.9 Å². The third-order valence-electron chi connectivity index (χ3n) is 5.19. The third kappa shape index (κ3) is 4.14. The molecule has 0 atom stereocenters. The van der Waals surface area contributed by atoms with Gasteiger partial charge in [-0.2, -0.15) is 10.2 Å². The van der Waals surface area contributed by atoms with Gasteiger partial charge in [0.15, 0.2) is 0 Å². The second-order valence-electron chi connectivity index (χ2n) is 7.39. The number of aromatic nitrogens is 4. The second-order valence-corrected chi connectivity index (χ2v) is 7.83. The number of carbonyl (C=O) groups is 1. The minimum atomic E-state index is -0.349. The second kappa shape index (κ2) is 8.72. The fourth-order valence-electron chi connectivity index (χ4n) is 3.64. The van der Waals surface area contributed by atoms with Crippen molar-refractivity contribution in [3.8, 4) is 16.8 Å². The summed E-state index contributed by atoms with van der Waals surface area (Å²) in [6.45, 7) is 1.80. The molecule has 3 heterocycles. The molecule has 0 spiro atoms. The summed E-state index contributed by atoms with van der Waals surface area (Å²) in [5.74, 6) is -0.349. The summed E-state index contributed by atoms with van der Waals surface area (Å²) in [5.41, 5.74) is 7.70. The molecule has 0 radical (unpaired) electrons. The number of imidazole rings is 1. The van der Waals surface area contributed by atoms with Gasteiger partial charge in [0.05, 0.1) is 17.6 Å². The third-order valence-corrected chi connectivity index (χ3v) is 5.44. The topological polar surface area (TPSA) is 76.6 Å². The van der Waals surface area contributed by atoms with Crippen molar-refractivity contribution >= 4 is 29.4 Å². The first-order valence-corrected chi connectivity index (χ1v) is 10.7. The van der Waals surface area contributed by atoms with Crippen LogP contribution in [0, 0.1) is 6.92 Å². The number of benzene rings is 2. The lowest BCUT2D eigenvalue weighted by Gasteiger charge is -2.02. The van der Waals surface area contributed by atoms with Crippen LogP contribution in [0.1, 0.15) is 21.9 Å². The van der Waals surface area contributed by atoms with Gasteiger partial charge in [0, 0.05) is 23.0 Å². The summed E-state index contributed by atoms with van der Waals surface area (Å²) in [4.78, 5) is 17.2. The van der Waals surface area contributed by atoms with Crippen molar-refractivity contribution in [1.82, 2.24) is 24.6 Å². The number of halogens is 1. The van der Waals surface area contributed by atoms with Gasteiger partial charge >= 0.3 is 0 Å². The maximum absolute atomic E-state index is 12.8. The van der Waals surface area contributed by atoms with Crippen LogP contribution in [-0.4, -0.2) is 31.3 Å². The lowest BCUT2D eigenvalue weighted by molar-refractivity contribution is 0.0948. The van der Waals surface area contributed by atoms with Gasteiger partial charge in [-0.15, -0.1) is 0 Å². The summed E-state index contributed by atoms with van der Waals surface area (Å²) in [6, 6.07) is 22.9. The summed E-state index contributed by atoms with van der Waals surface area (Å²) < 4.78 is 3.52. The van der Waals surface area contributed by atoms with E-state index < -0.39 is 0 Å². The normalized spacial score (nSPS) is 11.3.